The highest BCUT2D eigenvalue weighted by Gasteiger charge is 2.26. The molecule has 0 radical (unpaired) electrons. The Hall–Kier alpha value is -1.08. The van der Waals surface area contributed by atoms with Crippen LogP contribution in [0, 0.1) is 0 Å². The van der Waals surface area contributed by atoms with E-state index >= 15 is 0 Å². The van der Waals surface area contributed by atoms with Gasteiger partial charge in [0.2, 0.25) is 0 Å². The zero-order valence-corrected chi connectivity index (χ0v) is 10.8. The van der Waals surface area contributed by atoms with Crippen LogP contribution in [0.3, 0.4) is 0 Å². The normalized spacial score (nSPS) is 11.3. The van der Waals surface area contributed by atoms with E-state index in [1.54, 1.807) is 24.3 Å². The quantitative estimate of drug-likeness (QED) is 0.846. The first-order chi connectivity index (χ1) is 8.37. The predicted molar refractivity (Wildman–Crippen MR) is 62.9 cm³/mol. The second-order valence-electron chi connectivity index (χ2n) is 3.51. The van der Waals surface area contributed by atoms with E-state index in [0.29, 0.717) is 0 Å². The minimum absolute atomic E-state index is 0.0415. The van der Waals surface area contributed by atoms with Gasteiger partial charge in [-0.2, -0.15) is 13.2 Å². The van der Waals surface area contributed by atoms with Gasteiger partial charge in [0.25, 0.3) is 0 Å². The third-order valence-corrected chi connectivity index (χ3v) is 2.44. The fraction of sp³-hybridized carbons (Fsp3) is 0.364. The van der Waals surface area contributed by atoms with Crippen LogP contribution in [0.5, 0.6) is 0 Å². The molecule has 0 fully saturated rings. The molecule has 0 amide bonds. The summed E-state index contributed by atoms with van der Waals surface area (Å²) in [5, 5.41) is 1.96. The summed E-state index contributed by atoms with van der Waals surface area (Å²) in [6.07, 6.45) is -4.33. The average Bonchev–Trinajstić information content (AvgIpc) is 2.26. The number of hydrogen-bond acceptors (Lipinski definition) is 3. The number of ether oxygens (including phenoxy) is 1. The van der Waals surface area contributed by atoms with Crippen LogP contribution in [-0.2, 0) is 16.1 Å². The van der Waals surface area contributed by atoms with Gasteiger partial charge in [0.1, 0.15) is 6.61 Å². The Labute approximate surface area is 110 Å². The number of carbonyl (C=O) groups is 1. The Morgan fingerprint density at radius 2 is 1.89 bits per heavy atom. The van der Waals surface area contributed by atoms with E-state index in [-0.39, 0.29) is 6.61 Å². The van der Waals surface area contributed by atoms with Crippen molar-refractivity contribution in [3.05, 3.63) is 34.3 Å². The van der Waals surface area contributed by atoms with Gasteiger partial charge < -0.3 is 4.74 Å². The molecule has 0 aromatic heterocycles. The van der Waals surface area contributed by atoms with Crippen molar-refractivity contribution in [3.8, 4) is 0 Å². The van der Waals surface area contributed by atoms with Crippen molar-refractivity contribution >= 4 is 21.9 Å². The molecule has 18 heavy (non-hydrogen) atoms. The van der Waals surface area contributed by atoms with Crippen LogP contribution < -0.4 is 5.32 Å². The second kappa shape index (κ2) is 6.75. The Kier molecular flexibility index (Phi) is 5.61. The molecule has 0 spiro atoms. The Balaban J connectivity index is 2.23. The van der Waals surface area contributed by atoms with Crippen molar-refractivity contribution in [1.29, 1.82) is 0 Å². The van der Waals surface area contributed by atoms with Gasteiger partial charge in [-0.3, -0.25) is 10.1 Å². The molecule has 1 aromatic rings. The summed E-state index contributed by atoms with van der Waals surface area (Å²) < 4.78 is 41.0. The molecule has 0 unspecified atom stereocenters. The summed E-state index contributed by atoms with van der Waals surface area (Å²) in [4.78, 5) is 11.1. The Morgan fingerprint density at radius 3 is 2.44 bits per heavy atom. The van der Waals surface area contributed by atoms with Crippen molar-refractivity contribution in [2.24, 2.45) is 0 Å². The lowest BCUT2D eigenvalue weighted by Crippen LogP contribution is -2.33. The second-order valence-corrected chi connectivity index (χ2v) is 4.42. The predicted octanol–water partition coefficient (Wildman–Crippen LogP) is 2.64. The molecule has 1 aromatic carbocycles. The smallest absolute Gasteiger partial charge is 0.401 e. The van der Waals surface area contributed by atoms with E-state index in [1.807, 2.05) is 5.32 Å². The highest BCUT2D eigenvalue weighted by molar-refractivity contribution is 9.10. The van der Waals surface area contributed by atoms with Crippen LogP contribution in [-0.4, -0.2) is 25.2 Å². The first-order valence-electron chi connectivity index (χ1n) is 5.04. The number of rotatable bonds is 5. The number of benzene rings is 1. The van der Waals surface area contributed by atoms with Gasteiger partial charge in [-0.15, -0.1) is 0 Å². The molecule has 0 heterocycles. The largest absolute Gasteiger partial charge is 0.460 e. The molecule has 3 nitrogen and oxygen atoms in total. The molecule has 0 atom stereocenters. The van der Waals surface area contributed by atoms with Crippen molar-refractivity contribution < 1.29 is 22.7 Å². The molecule has 0 aliphatic heterocycles. The van der Waals surface area contributed by atoms with Gasteiger partial charge in [0.05, 0.1) is 13.1 Å². The SMILES string of the molecule is O=C(CNCC(F)(F)F)OCc1ccc(Br)cc1. The number of hydrogen-bond donors (Lipinski definition) is 1. The highest BCUT2D eigenvalue weighted by Crippen LogP contribution is 2.12. The van der Waals surface area contributed by atoms with Crippen LogP contribution in [0.4, 0.5) is 13.2 Å². The van der Waals surface area contributed by atoms with Gasteiger partial charge in [-0.05, 0) is 17.7 Å². The number of nitrogens with one attached hydrogen (secondary N) is 1. The highest BCUT2D eigenvalue weighted by atomic mass is 79.9. The lowest BCUT2D eigenvalue weighted by Gasteiger charge is -2.08. The molecule has 0 saturated heterocycles. The van der Waals surface area contributed by atoms with Gasteiger partial charge in [-0.1, -0.05) is 28.1 Å². The molecule has 0 aliphatic carbocycles. The van der Waals surface area contributed by atoms with Crippen LogP contribution in [0.1, 0.15) is 5.56 Å². The molecular formula is C11H11BrF3NO2. The minimum atomic E-state index is -4.33. The molecule has 7 heteroatoms. The van der Waals surface area contributed by atoms with E-state index in [0.717, 1.165) is 10.0 Å². The summed E-state index contributed by atoms with van der Waals surface area (Å²) in [5.41, 5.74) is 0.766. The summed E-state index contributed by atoms with van der Waals surface area (Å²) in [6.45, 7) is -1.63. The van der Waals surface area contributed by atoms with Crippen molar-refractivity contribution in [3.63, 3.8) is 0 Å². The molecular weight excluding hydrogens is 315 g/mol. The molecule has 1 N–H and O–H groups in total. The first kappa shape index (κ1) is 15.0. The van der Waals surface area contributed by atoms with Gasteiger partial charge in [-0.25, -0.2) is 0 Å². The zero-order valence-electron chi connectivity index (χ0n) is 9.26. The molecule has 0 saturated carbocycles. The summed E-state index contributed by atoms with van der Waals surface area (Å²) in [6, 6.07) is 7.07. The molecule has 0 aliphatic rings. The first-order valence-corrected chi connectivity index (χ1v) is 5.83. The molecule has 100 valence electrons. The lowest BCUT2D eigenvalue weighted by atomic mass is 10.2. The number of alkyl halides is 3. The standard InChI is InChI=1S/C11H11BrF3NO2/c12-9-3-1-8(2-4-9)6-18-10(17)5-16-7-11(13,14)15/h1-4,16H,5-7H2. The topological polar surface area (TPSA) is 38.3 Å². The number of esters is 1. The van der Waals surface area contributed by atoms with Crippen LogP contribution in [0.2, 0.25) is 0 Å². The third-order valence-electron chi connectivity index (χ3n) is 1.91. The fourth-order valence-corrected chi connectivity index (χ4v) is 1.37. The number of halogens is 4. The van der Waals surface area contributed by atoms with Crippen molar-refractivity contribution in [2.75, 3.05) is 13.1 Å². The van der Waals surface area contributed by atoms with E-state index < -0.39 is 25.2 Å². The third kappa shape index (κ3) is 6.61. The van der Waals surface area contributed by atoms with E-state index in [4.69, 9.17) is 4.74 Å². The van der Waals surface area contributed by atoms with Crippen LogP contribution >= 0.6 is 15.9 Å². The van der Waals surface area contributed by atoms with Crippen molar-refractivity contribution in [1.82, 2.24) is 5.32 Å². The Morgan fingerprint density at radius 1 is 1.28 bits per heavy atom. The minimum Gasteiger partial charge on any atom is -0.460 e. The van der Waals surface area contributed by atoms with Gasteiger partial charge in [0, 0.05) is 4.47 Å². The monoisotopic (exact) mass is 325 g/mol. The maximum Gasteiger partial charge on any atom is 0.401 e. The van der Waals surface area contributed by atoms with Crippen molar-refractivity contribution in [2.45, 2.75) is 12.8 Å². The summed E-state index contributed by atoms with van der Waals surface area (Å²) in [5.74, 6) is -0.720. The lowest BCUT2D eigenvalue weighted by molar-refractivity contribution is -0.145. The van der Waals surface area contributed by atoms with Crippen LogP contribution in [0.25, 0.3) is 0 Å². The summed E-state index contributed by atoms with van der Waals surface area (Å²) >= 11 is 3.25. The van der Waals surface area contributed by atoms with E-state index in [9.17, 15) is 18.0 Å². The number of carbonyl (C=O) groups excluding carboxylic acids is 1. The van der Waals surface area contributed by atoms with E-state index in [1.165, 1.54) is 0 Å². The maximum absolute atomic E-state index is 11.8. The molecule has 1 rings (SSSR count). The Bertz CT molecular complexity index is 392. The zero-order chi connectivity index (χ0) is 13.6. The summed E-state index contributed by atoms with van der Waals surface area (Å²) in [7, 11) is 0. The maximum atomic E-state index is 11.8. The van der Waals surface area contributed by atoms with Gasteiger partial charge >= 0.3 is 12.1 Å². The molecule has 0 bridgehead atoms. The average molecular weight is 326 g/mol. The van der Waals surface area contributed by atoms with Gasteiger partial charge in [0.15, 0.2) is 0 Å². The van der Waals surface area contributed by atoms with E-state index in [2.05, 4.69) is 15.9 Å². The fourth-order valence-electron chi connectivity index (χ4n) is 1.10. The van der Waals surface area contributed by atoms with Crippen LogP contribution in [0.15, 0.2) is 28.7 Å².